The standard InChI is InChI=1S/C23H26N4O3/c1-23(2)19(15-7-4-3-5-8-15)27(22(29)30-23)17-12-10-16(11-13-17)26-18-9-6-14-24-20(18)25-21(26)28/h3-9,14,16-17,19H,10-13H2,1-2H3,(H,24,25,28)/t16?,17?,19-/m0/s1. The number of fused-ring (bicyclic) bond motifs is 1. The first kappa shape index (κ1) is 18.9. The van der Waals surface area contributed by atoms with Crippen LogP contribution in [0.4, 0.5) is 4.79 Å². The van der Waals surface area contributed by atoms with E-state index >= 15 is 0 Å². The number of pyridine rings is 1. The van der Waals surface area contributed by atoms with E-state index in [-0.39, 0.29) is 29.9 Å². The number of carbonyl (C=O) groups excluding carboxylic acids is 1. The Morgan fingerprint density at radius 3 is 2.43 bits per heavy atom. The minimum Gasteiger partial charge on any atom is -0.441 e. The molecule has 3 heterocycles. The van der Waals surface area contributed by atoms with Crippen molar-refractivity contribution in [2.45, 2.75) is 63.3 Å². The number of nitrogens with one attached hydrogen (secondary N) is 1. The third-order valence-corrected chi connectivity index (χ3v) is 6.53. The number of cyclic esters (lactones) is 1. The molecule has 30 heavy (non-hydrogen) atoms. The van der Waals surface area contributed by atoms with E-state index in [4.69, 9.17) is 4.74 Å². The molecule has 7 heteroatoms. The highest BCUT2D eigenvalue weighted by molar-refractivity contribution is 5.72. The van der Waals surface area contributed by atoms with Crippen LogP contribution in [0.3, 0.4) is 0 Å². The van der Waals surface area contributed by atoms with Crippen molar-refractivity contribution < 1.29 is 9.53 Å². The van der Waals surface area contributed by atoms with E-state index in [1.165, 1.54) is 0 Å². The van der Waals surface area contributed by atoms with Crippen molar-refractivity contribution in [1.29, 1.82) is 0 Å². The molecule has 0 bridgehead atoms. The molecule has 1 saturated carbocycles. The summed E-state index contributed by atoms with van der Waals surface area (Å²) in [6.45, 7) is 3.96. The molecule has 3 aromatic rings. The fraction of sp³-hybridized carbons (Fsp3) is 0.435. The number of imidazole rings is 1. The van der Waals surface area contributed by atoms with Crippen molar-refractivity contribution >= 4 is 17.3 Å². The van der Waals surface area contributed by atoms with Crippen LogP contribution < -0.4 is 5.69 Å². The van der Waals surface area contributed by atoms with Gasteiger partial charge in [0, 0.05) is 18.3 Å². The molecule has 0 radical (unpaired) electrons. The second-order valence-electron chi connectivity index (χ2n) is 8.83. The van der Waals surface area contributed by atoms with Crippen molar-refractivity contribution in [2.24, 2.45) is 0 Å². The summed E-state index contributed by atoms with van der Waals surface area (Å²) in [5.74, 6) is 0. The van der Waals surface area contributed by atoms with Crippen LogP contribution in [0.25, 0.3) is 11.2 Å². The van der Waals surface area contributed by atoms with Gasteiger partial charge in [-0.05, 0) is 57.2 Å². The summed E-state index contributed by atoms with van der Waals surface area (Å²) < 4.78 is 7.61. The van der Waals surface area contributed by atoms with Gasteiger partial charge in [-0.2, -0.15) is 0 Å². The average molecular weight is 406 g/mol. The molecule has 1 N–H and O–H groups in total. The monoisotopic (exact) mass is 406 g/mol. The molecular formula is C23H26N4O3. The Hall–Kier alpha value is -3.09. The third-order valence-electron chi connectivity index (χ3n) is 6.53. The highest BCUT2D eigenvalue weighted by atomic mass is 16.6. The van der Waals surface area contributed by atoms with Gasteiger partial charge in [0.2, 0.25) is 0 Å². The fourth-order valence-electron chi connectivity index (χ4n) is 5.25. The van der Waals surface area contributed by atoms with Gasteiger partial charge in [-0.15, -0.1) is 0 Å². The highest BCUT2D eigenvalue weighted by Gasteiger charge is 2.51. The van der Waals surface area contributed by atoms with Crippen molar-refractivity contribution in [2.75, 3.05) is 0 Å². The molecule has 7 nitrogen and oxygen atoms in total. The van der Waals surface area contributed by atoms with Crippen molar-refractivity contribution in [3.8, 4) is 0 Å². The molecule has 0 spiro atoms. The fourth-order valence-corrected chi connectivity index (χ4v) is 5.25. The van der Waals surface area contributed by atoms with Crippen LogP contribution in [-0.2, 0) is 4.74 Å². The van der Waals surface area contributed by atoms with E-state index in [0.29, 0.717) is 5.65 Å². The number of amides is 1. The largest absolute Gasteiger partial charge is 0.441 e. The maximum Gasteiger partial charge on any atom is 0.411 e. The summed E-state index contributed by atoms with van der Waals surface area (Å²) in [5.41, 5.74) is 1.85. The van der Waals surface area contributed by atoms with E-state index in [1.807, 2.05) is 53.6 Å². The lowest BCUT2D eigenvalue weighted by molar-refractivity contribution is 0.0662. The number of benzene rings is 1. The maximum absolute atomic E-state index is 12.8. The lowest BCUT2D eigenvalue weighted by atomic mass is 9.86. The Kier molecular flexibility index (Phi) is 4.41. The van der Waals surface area contributed by atoms with Gasteiger partial charge in [0.15, 0.2) is 5.65 Å². The van der Waals surface area contributed by atoms with Crippen LogP contribution >= 0.6 is 0 Å². The number of carbonyl (C=O) groups is 1. The zero-order valence-electron chi connectivity index (χ0n) is 17.2. The molecule has 1 atom stereocenters. The topological polar surface area (TPSA) is 80.2 Å². The number of aromatic nitrogens is 3. The molecular weight excluding hydrogens is 380 g/mol. The minimum absolute atomic E-state index is 0.0970. The Labute approximate surface area is 174 Å². The summed E-state index contributed by atoms with van der Waals surface area (Å²) in [7, 11) is 0. The molecule has 1 saturated heterocycles. The summed E-state index contributed by atoms with van der Waals surface area (Å²) >= 11 is 0. The van der Waals surface area contributed by atoms with Crippen molar-refractivity contribution in [3.63, 3.8) is 0 Å². The molecule has 1 amide bonds. The van der Waals surface area contributed by atoms with E-state index in [2.05, 4.69) is 22.1 Å². The Morgan fingerprint density at radius 2 is 1.70 bits per heavy atom. The summed E-state index contributed by atoms with van der Waals surface area (Å²) in [4.78, 5) is 34.4. The number of rotatable bonds is 3. The third kappa shape index (κ3) is 3.00. The summed E-state index contributed by atoms with van der Waals surface area (Å²) in [6, 6.07) is 14.0. The molecule has 156 valence electrons. The summed E-state index contributed by atoms with van der Waals surface area (Å²) in [6.07, 6.45) is 4.77. The molecule has 1 aromatic carbocycles. The number of hydrogen-bond donors (Lipinski definition) is 1. The maximum atomic E-state index is 12.8. The Balaban J connectivity index is 1.40. The van der Waals surface area contributed by atoms with Crippen LogP contribution in [-0.4, -0.2) is 37.2 Å². The second-order valence-corrected chi connectivity index (χ2v) is 8.83. The average Bonchev–Trinajstić information content (AvgIpc) is 3.20. The first-order chi connectivity index (χ1) is 14.5. The normalized spacial score (nSPS) is 26.1. The quantitative estimate of drug-likeness (QED) is 0.708. The Bertz CT molecular complexity index is 1130. The van der Waals surface area contributed by atoms with Gasteiger partial charge in [-0.1, -0.05) is 30.3 Å². The molecule has 0 unspecified atom stereocenters. The Morgan fingerprint density at radius 1 is 1.00 bits per heavy atom. The minimum atomic E-state index is -0.589. The van der Waals surface area contributed by atoms with Gasteiger partial charge in [0.1, 0.15) is 5.60 Å². The molecule has 2 fully saturated rings. The molecule has 2 aliphatic rings. The molecule has 2 aromatic heterocycles. The van der Waals surface area contributed by atoms with Crippen LogP contribution in [0.2, 0.25) is 0 Å². The number of H-pyrrole nitrogens is 1. The highest BCUT2D eigenvalue weighted by Crippen LogP contribution is 2.45. The van der Waals surface area contributed by atoms with Gasteiger partial charge < -0.3 is 4.74 Å². The summed E-state index contributed by atoms with van der Waals surface area (Å²) in [5, 5.41) is 0. The van der Waals surface area contributed by atoms with Gasteiger partial charge in [0.25, 0.3) is 0 Å². The van der Waals surface area contributed by atoms with Gasteiger partial charge in [-0.3, -0.25) is 14.5 Å². The van der Waals surface area contributed by atoms with Crippen molar-refractivity contribution in [3.05, 3.63) is 64.7 Å². The van der Waals surface area contributed by atoms with Crippen LogP contribution in [0.15, 0.2) is 53.5 Å². The predicted octanol–water partition coefficient (Wildman–Crippen LogP) is 4.18. The SMILES string of the molecule is CC1(C)OC(=O)N(C2CCC(n3c(=O)[nH]c4ncccc43)CC2)[C@H]1c1ccccc1. The smallest absolute Gasteiger partial charge is 0.411 e. The first-order valence-electron chi connectivity index (χ1n) is 10.6. The molecule has 1 aliphatic carbocycles. The lowest BCUT2D eigenvalue weighted by Gasteiger charge is -2.38. The van der Waals surface area contributed by atoms with Crippen molar-refractivity contribution in [1.82, 2.24) is 19.4 Å². The van der Waals surface area contributed by atoms with Gasteiger partial charge in [0.05, 0.1) is 11.6 Å². The molecule has 5 rings (SSSR count). The predicted molar refractivity (Wildman–Crippen MR) is 113 cm³/mol. The van der Waals surface area contributed by atoms with E-state index in [0.717, 1.165) is 36.8 Å². The van der Waals surface area contributed by atoms with E-state index in [1.54, 1.807) is 6.20 Å². The van der Waals surface area contributed by atoms with E-state index in [9.17, 15) is 9.59 Å². The number of aromatic amines is 1. The second kappa shape index (κ2) is 7.00. The zero-order chi connectivity index (χ0) is 20.9. The number of hydrogen-bond acceptors (Lipinski definition) is 4. The number of ether oxygens (including phenoxy) is 1. The molecule has 1 aliphatic heterocycles. The van der Waals surface area contributed by atoms with Crippen LogP contribution in [0.5, 0.6) is 0 Å². The van der Waals surface area contributed by atoms with Gasteiger partial charge in [-0.25, -0.2) is 14.6 Å². The number of nitrogens with zero attached hydrogens (tertiary/aromatic N) is 3. The van der Waals surface area contributed by atoms with E-state index < -0.39 is 5.60 Å². The van der Waals surface area contributed by atoms with Crippen LogP contribution in [0.1, 0.15) is 57.2 Å². The first-order valence-corrected chi connectivity index (χ1v) is 10.6. The zero-order valence-corrected chi connectivity index (χ0v) is 17.2. The van der Waals surface area contributed by atoms with Gasteiger partial charge >= 0.3 is 11.8 Å². The van der Waals surface area contributed by atoms with Crippen LogP contribution in [0, 0.1) is 0 Å². The lowest BCUT2D eigenvalue weighted by Crippen LogP contribution is -2.43.